The number of rotatable bonds is 1. The van der Waals surface area contributed by atoms with Gasteiger partial charge in [0.25, 0.3) is 0 Å². The molecule has 0 aromatic rings. The van der Waals surface area contributed by atoms with Crippen molar-refractivity contribution in [3.05, 3.63) is 0 Å². The molecule has 98 valence electrons. The average molecular weight is 228 g/mol. The monoisotopic (exact) mass is 228 g/mol. The number of likely N-dealkylation sites (tertiary alicyclic amines) is 1. The smallest absolute Gasteiger partial charge is 0.00412 e. The number of nitrogens with two attached hydrogens (primary N) is 1. The maximum absolute atomic E-state index is 5.97. The second-order valence-corrected chi connectivity index (χ2v) is 5.65. The van der Waals surface area contributed by atoms with Gasteiger partial charge in [-0.05, 0) is 57.9 Å². The Labute approximate surface area is 103 Å². The summed E-state index contributed by atoms with van der Waals surface area (Å²) >= 11 is 0. The van der Waals surface area contributed by atoms with Crippen molar-refractivity contribution >= 4 is 0 Å². The molecule has 0 amide bonds. The van der Waals surface area contributed by atoms with Crippen molar-refractivity contribution in [2.75, 3.05) is 13.1 Å². The lowest BCUT2D eigenvalue weighted by atomic mass is 9.72. The third kappa shape index (κ3) is 3.21. The molecule has 2 rings (SSSR count). The summed E-state index contributed by atoms with van der Waals surface area (Å²) in [5, 5.41) is 0. The standard InChI is InChI=1S/C12H24N2.C2H6.H2/c1-10(2)14-8-7-12(9-14)5-3-11(13)4-6-12;1-2;/h10-11H,3-9,13H2,1-2H3;1-2H3;1H. The third-order valence-corrected chi connectivity index (χ3v) is 4.29. The molecule has 1 saturated carbocycles. The van der Waals surface area contributed by atoms with Crippen LogP contribution < -0.4 is 5.73 Å². The molecule has 1 heterocycles. The quantitative estimate of drug-likeness (QED) is 0.746. The van der Waals surface area contributed by atoms with Crippen LogP contribution in [0.4, 0.5) is 0 Å². The van der Waals surface area contributed by atoms with Crippen LogP contribution in [0.25, 0.3) is 0 Å². The van der Waals surface area contributed by atoms with Crippen LogP contribution in [-0.4, -0.2) is 30.1 Å². The van der Waals surface area contributed by atoms with Gasteiger partial charge < -0.3 is 10.6 Å². The molecule has 0 unspecified atom stereocenters. The number of hydrogen-bond donors (Lipinski definition) is 1. The Kier molecular flexibility index (Phi) is 5.26. The predicted octanol–water partition coefficient (Wildman–Crippen LogP) is 3.26. The third-order valence-electron chi connectivity index (χ3n) is 4.29. The van der Waals surface area contributed by atoms with Gasteiger partial charge in [0.05, 0.1) is 0 Å². The van der Waals surface area contributed by atoms with Crippen LogP contribution in [0, 0.1) is 5.41 Å². The lowest BCUT2D eigenvalue weighted by Gasteiger charge is -2.36. The van der Waals surface area contributed by atoms with E-state index in [-0.39, 0.29) is 1.43 Å². The molecular formula is C14H32N2. The second-order valence-electron chi connectivity index (χ2n) is 5.65. The van der Waals surface area contributed by atoms with E-state index in [2.05, 4.69) is 18.7 Å². The molecule has 0 aromatic carbocycles. The van der Waals surface area contributed by atoms with E-state index in [9.17, 15) is 0 Å². The SMILES string of the molecule is CC.CC(C)N1CCC2(CCC(N)CC2)C1.[HH]. The Morgan fingerprint density at radius 2 is 1.75 bits per heavy atom. The van der Waals surface area contributed by atoms with Crippen LogP contribution in [0.15, 0.2) is 0 Å². The normalized spacial score (nSPS) is 35.2. The number of nitrogens with zero attached hydrogens (tertiary/aromatic N) is 1. The largest absolute Gasteiger partial charge is 0.328 e. The fourth-order valence-electron chi connectivity index (χ4n) is 3.07. The summed E-state index contributed by atoms with van der Waals surface area (Å²) in [6, 6.07) is 1.22. The molecule has 2 nitrogen and oxygen atoms in total. The Morgan fingerprint density at radius 3 is 2.19 bits per heavy atom. The van der Waals surface area contributed by atoms with Crippen LogP contribution in [0.1, 0.15) is 61.2 Å². The van der Waals surface area contributed by atoms with Crippen molar-refractivity contribution in [1.29, 1.82) is 0 Å². The van der Waals surface area contributed by atoms with Crippen LogP contribution >= 0.6 is 0 Å². The van der Waals surface area contributed by atoms with Gasteiger partial charge in [-0.3, -0.25) is 0 Å². The van der Waals surface area contributed by atoms with Crippen molar-refractivity contribution < 1.29 is 1.43 Å². The molecule has 0 radical (unpaired) electrons. The average Bonchev–Trinajstić information content (AvgIpc) is 2.71. The van der Waals surface area contributed by atoms with Crippen molar-refractivity contribution in [2.24, 2.45) is 11.1 Å². The Balaban J connectivity index is 0.000000811. The van der Waals surface area contributed by atoms with Crippen molar-refractivity contribution in [1.82, 2.24) is 4.90 Å². The highest BCUT2D eigenvalue weighted by Gasteiger charge is 2.40. The van der Waals surface area contributed by atoms with Gasteiger partial charge in [0.1, 0.15) is 0 Å². The minimum Gasteiger partial charge on any atom is -0.328 e. The molecule has 0 bridgehead atoms. The molecule has 1 spiro atoms. The van der Waals surface area contributed by atoms with E-state index in [1.807, 2.05) is 13.8 Å². The van der Waals surface area contributed by atoms with Gasteiger partial charge in [0, 0.05) is 20.1 Å². The predicted molar refractivity (Wildman–Crippen MR) is 73.7 cm³/mol. The fourth-order valence-corrected chi connectivity index (χ4v) is 3.07. The fraction of sp³-hybridized carbons (Fsp3) is 1.00. The highest BCUT2D eigenvalue weighted by molar-refractivity contribution is 4.94. The van der Waals surface area contributed by atoms with E-state index in [1.165, 1.54) is 45.2 Å². The van der Waals surface area contributed by atoms with E-state index in [0.29, 0.717) is 11.5 Å². The van der Waals surface area contributed by atoms with E-state index in [0.717, 1.165) is 6.04 Å². The first-order valence-electron chi connectivity index (χ1n) is 7.11. The lowest BCUT2D eigenvalue weighted by Crippen LogP contribution is -2.37. The van der Waals surface area contributed by atoms with Crippen LogP contribution in [0.3, 0.4) is 0 Å². The summed E-state index contributed by atoms with van der Waals surface area (Å²) in [7, 11) is 0. The van der Waals surface area contributed by atoms with Gasteiger partial charge in [0.2, 0.25) is 0 Å². The van der Waals surface area contributed by atoms with Crippen molar-refractivity contribution in [3.63, 3.8) is 0 Å². The Bertz CT molecular complexity index is 198. The van der Waals surface area contributed by atoms with Gasteiger partial charge in [-0.25, -0.2) is 0 Å². The summed E-state index contributed by atoms with van der Waals surface area (Å²) in [6.45, 7) is 11.3. The summed E-state index contributed by atoms with van der Waals surface area (Å²) in [5.41, 5.74) is 6.62. The zero-order chi connectivity index (χ0) is 12.2. The molecule has 0 atom stereocenters. The molecule has 1 aliphatic heterocycles. The topological polar surface area (TPSA) is 29.3 Å². The lowest BCUT2D eigenvalue weighted by molar-refractivity contribution is 0.162. The van der Waals surface area contributed by atoms with E-state index in [4.69, 9.17) is 5.73 Å². The molecule has 16 heavy (non-hydrogen) atoms. The molecule has 2 fully saturated rings. The summed E-state index contributed by atoms with van der Waals surface area (Å²) in [4.78, 5) is 2.64. The van der Waals surface area contributed by atoms with Gasteiger partial charge in [0.15, 0.2) is 0 Å². The molecule has 2 heteroatoms. The summed E-state index contributed by atoms with van der Waals surface area (Å²) < 4.78 is 0. The maximum Gasteiger partial charge on any atom is 0.00412 e. The van der Waals surface area contributed by atoms with Gasteiger partial charge in [-0.1, -0.05) is 13.8 Å². The van der Waals surface area contributed by atoms with Crippen LogP contribution in [0.2, 0.25) is 0 Å². The summed E-state index contributed by atoms with van der Waals surface area (Å²) in [6.07, 6.45) is 6.67. The molecule has 2 aliphatic rings. The molecular weight excluding hydrogens is 196 g/mol. The highest BCUT2D eigenvalue weighted by Crippen LogP contribution is 2.43. The molecule has 1 saturated heterocycles. The number of hydrogen-bond acceptors (Lipinski definition) is 2. The minimum atomic E-state index is 0. The minimum absolute atomic E-state index is 0. The first-order valence-corrected chi connectivity index (χ1v) is 7.11. The van der Waals surface area contributed by atoms with E-state index >= 15 is 0 Å². The molecule has 1 aliphatic carbocycles. The van der Waals surface area contributed by atoms with E-state index < -0.39 is 0 Å². The van der Waals surface area contributed by atoms with Gasteiger partial charge in [-0.15, -0.1) is 0 Å². The first-order chi connectivity index (χ1) is 7.61. The van der Waals surface area contributed by atoms with Gasteiger partial charge in [-0.2, -0.15) is 0 Å². The Morgan fingerprint density at radius 1 is 1.19 bits per heavy atom. The van der Waals surface area contributed by atoms with E-state index in [1.54, 1.807) is 0 Å². The maximum atomic E-state index is 5.97. The second kappa shape index (κ2) is 6.02. The molecule has 2 N–H and O–H groups in total. The zero-order valence-corrected chi connectivity index (χ0v) is 11.6. The zero-order valence-electron chi connectivity index (χ0n) is 11.6. The Hall–Kier alpha value is -0.0800. The van der Waals surface area contributed by atoms with Crippen molar-refractivity contribution in [3.8, 4) is 0 Å². The first kappa shape index (κ1) is 14.0. The van der Waals surface area contributed by atoms with Crippen LogP contribution in [0.5, 0.6) is 0 Å². The van der Waals surface area contributed by atoms with Crippen LogP contribution in [-0.2, 0) is 0 Å². The van der Waals surface area contributed by atoms with Crippen molar-refractivity contribution in [2.45, 2.75) is 71.9 Å². The summed E-state index contributed by atoms with van der Waals surface area (Å²) in [5.74, 6) is 0. The molecule has 0 aromatic heterocycles. The van der Waals surface area contributed by atoms with Gasteiger partial charge >= 0.3 is 0 Å². The highest BCUT2D eigenvalue weighted by atomic mass is 15.2.